The lowest BCUT2D eigenvalue weighted by Crippen LogP contribution is -2.18. The van der Waals surface area contributed by atoms with Crippen LogP contribution >= 0.6 is 0 Å². The minimum atomic E-state index is -0.422. The van der Waals surface area contributed by atoms with E-state index in [0.29, 0.717) is 17.9 Å². The number of hydrogen-bond acceptors (Lipinski definition) is 1. The molecule has 1 nitrogen and oxygen atoms in total. The molecule has 1 aromatic carbocycles. The third-order valence-electron chi connectivity index (χ3n) is 2.91. The number of hydrogen-bond donors (Lipinski definition) is 0. The van der Waals surface area contributed by atoms with E-state index in [4.69, 9.17) is 5.26 Å². The van der Waals surface area contributed by atoms with Gasteiger partial charge in [0.25, 0.3) is 0 Å². The van der Waals surface area contributed by atoms with Gasteiger partial charge in [0.05, 0.1) is 6.07 Å². The van der Waals surface area contributed by atoms with Crippen molar-refractivity contribution in [3.05, 3.63) is 35.1 Å². The minimum absolute atomic E-state index is 0.202. The molecule has 0 aliphatic heterocycles. The number of rotatable bonds is 3. The zero-order valence-electron chi connectivity index (χ0n) is 10.3. The van der Waals surface area contributed by atoms with Gasteiger partial charge >= 0.3 is 0 Å². The van der Waals surface area contributed by atoms with E-state index < -0.39 is 5.41 Å². The smallest absolute Gasteiger partial charge is 0.127 e. The van der Waals surface area contributed by atoms with E-state index in [2.05, 4.69) is 6.07 Å². The molecule has 0 bridgehead atoms. The Kier molecular flexibility index (Phi) is 3.70. The van der Waals surface area contributed by atoms with Gasteiger partial charge in [0.2, 0.25) is 0 Å². The molecular weight excluding hydrogens is 201 g/mol. The topological polar surface area (TPSA) is 23.8 Å². The van der Waals surface area contributed by atoms with Crippen molar-refractivity contribution < 1.29 is 4.39 Å². The predicted molar refractivity (Wildman–Crippen MR) is 63.7 cm³/mol. The fourth-order valence-corrected chi connectivity index (χ4v) is 1.73. The van der Waals surface area contributed by atoms with E-state index in [-0.39, 0.29) is 5.82 Å². The first kappa shape index (κ1) is 12.7. The average Bonchev–Trinajstić information content (AvgIpc) is 2.16. The molecule has 1 aromatic rings. The Hall–Kier alpha value is -1.36. The van der Waals surface area contributed by atoms with Gasteiger partial charge in [0, 0.05) is 11.8 Å². The van der Waals surface area contributed by atoms with Crippen molar-refractivity contribution >= 4 is 0 Å². The van der Waals surface area contributed by atoms with Crippen LogP contribution in [-0.4, -0.2) is 0 Å². The quantitative estimate of drug-likeness (QED) is 0.749. The summed E-state index contributed by atoms with van der Waals surface area (Å²) in [4.78, 5) is 0. The highest BCUT2D eigenvalue weighted by Gasteiger charge is 2.24. The molecule has 16 heavy (non-hydrogen) atoms. The van der Waals surface area contributed by atoms with Crippen LogP contribution in [0.3, 0.4) is 0 Å². The molecule has 0 N–H and O–H groups in total. The van der Waals surface area contributed by atoms with E-state index in [1.54, 1.807) is 6.07 Å². The largest absolute Gasteiger partial charge is 0.207 e. The van der Waals surface area contributed by atoms with Crippen LogP contribution in [0.25, 0.3) is 0 Å². The first-order valence-electron chi connectivity index (χ1n) is 5.55. The summed E-state index contributed by atoms with van der Waals surface area (Å²) in [5, 5.41) is 8.72. The van der Waals surface area contributed by atoms with Gasteiger partial charge < -0.3 is 0 Å². The van der Waals surface area contributed by atoms with Crippen LogP contribution in [0.4, 0.5) is 4.39 Å². The van der Waals surface area contributed by atoms with E-state index in [9.17, 15) is 4.39 Å². The first-order chi connectivity index (χ1) is 7.38. The second-order valence-corrected chi connectivity index (χ2v) is 5.11. The Balaban J connectivity index is 3.14. The second kappa shape index (κ2) is 4.65. The zero-order valence-corrected chi connectivity index (χ0v) is 10.3. The second-order valence-electron chi connectivity index (χ2n) is 5.11. The Labute approximate surface area is 96.9 Å². The molecule has 0 aromatic heterocycles. The molecule has 1 rings (SSSR count). The van der Waals surface area contributed by atoms with Crippen molar-refractivity contribution in [3.63, 3.8) is 0 Å². The molecule has 0 aliphatic carbocycles. The van der Waals surface area contributed by atoms with Crippen molar-refractivity contribution in [3.8, 4) is 6.07 Å². The maximum absolute atomic E-state index is 13.9. The molecule has 0 saturated carbocycles. The molecule has 0 spiro atoms. The molecule has 0 amide bonds. The van der Waals surface area contributed by atoms with Gasteiger partial charge in [-0.15, -0.1) is 0 Å². The maximum atomic E-state index is 13.9. The van der Waals surface area contributed by atoms with Gasteiger partial charge in [-0.05, 0) is 23.1 Å². The number of benzene rings is 1. The molecule has 0 saturated heterocycles. The van der Waals surface area contributed by atoms with Crippen molar-refractivity contribution in [1.82, 2.24) is 0 Å². The molecule has 0 aliphatic rings. The number of nitriles is 1. The highest BCUT2D eigenvalue weighted by molar-refractivity contribution is 5.31. The van der Waals surface area contributed by atoms with Crippen LogP contribution < -0.4 is 0 Å². The van der Waals surface area contributed by atoms with Gasteiger partial charge in [-0.25, -0.2) is 4.39 Å². The van der Waals surface area contributed by atoms with Gasteiger partial charge in [-0.3, -0.25) is 0 Å². The molecular formula is C14H18FN. The lowest BCUT2D eigenvalue weighted by atomic mass is 9.81. The maximum Gasteiger partial charge on any atom is 0.127 e. The SMILES string of the molecule is CC(C)c1ccc(C(C)(C)CC#N)c(F)c1. The molecule has 0 atom stereocenters. The van der Waals surface area contributed by atoms with Gasteiger partial charge in [0.1, 0.15) is 5.82 Å². The molecule has 0 unspecified atom stereocenters. The monoisotopic (exact) mass is 219 g/mol. The fourth-order valence-electron chi connectivity index (χ4n) is 1.73. The summed E-state index contributed by atoms with van der Waals surface area (Å²) in [5.74, 6) is 0.120. The Morgan fingerprint density at radius 1 is 1.38 bits per heavy atom. The molecule has 0 fully saturated rings. The first-order valence-corrected chi connectivity index (χ1v) is 5.55. The Morgan fingerprint density at radius 2 is 2.00 bits per heavy atom. The fraction of sp³-hybridized carbons (Fsp3) is 0.500. The molecule has 0 radical (unpaired) electrons. The van der Waals surface area contributed by atoms with E-state index in [0.717, 1.165) is 5.56 Å². The zero-order chi connectivity index (χ0) is 12.3. The summed E-state index contributed by atoms with van der Waals surface area (Å²) in [6, 6.07) is 7.44. The van der Waals surface area contributed by atoms with E-state index in [1.165, 1.54) is 0 Å². The Morgan fingerprint density at radius 3 is 2.44 bits per heavy atom. The number of nitrogens with zero attached hydrogens (tertiary/aromatic N) is 1. The summed E-state index contributed by atoms with van der Waals surface area (Å²) < 4.78 is 13.9. The van der Waals surface area contributed by atoms with Crippen LogP contribution in [0, 0.1) is 17.1 Å². The van der Waals surface area contributed by atoms with Gasteiger partial charge in [-0.1, -0.05) is 39.8 Å². The van der Waals surface area contributed by atoms with E-state index in [1.807, 2.05) is 39.8 Å². The summed E-state index contributed by atoms with van der Waals surface area (Å²) in [5.41, 5.74) is 1.20. The summed E-state index contributed by atoms with van der Waals surface area (Å²) >= 11 is 0. The van der Waals surface area contributed by atoms with Crippen molar-refractivity contribution in [1.29, 1.82) is 5.26 Å². The average molecular weight is 219 g/mol. The van der Waals surface area contributed by atoms with Crippen LogP contribution in [-0.2, 0) is 5.41 Å². The Bertz CT molecular complexity index is 413. The lowest BCUT2D eigenvalue weighted by Gasteiger charge is -2.23. The summed E-state index contributed by atoms with van der Waals surface area (Å²) in [7, 11) is 0. The van der Waals surface area contributed by atoms with Crippen molar-refractivity contribution in [2.24, 2.45) is 0 Å². The molecule has 2 heteroatoms. The van der Waals surface area contributed by atoms with Crippen LogP contribution in [0.15, 0.2) is 18.2 Å². The standard InChI is InChI=1S/C14H18FN/c1-10(2)11-5-6-12(13(15)9-11)14(3,4)7-8-16/h5-6,9-10H,7H2,1-4H3. The van der Waals surface area contributed by atoms with E-state index >= 15 is 0 Å². The minimum Gasteiger partial charge on any atom is -0.207 e. The highest BCUT2D eigenvalue weighted by atomic mass is 19.1. The summed E-state index contributed by atoms with van der Waals surface area (Å²) in [6.07, 6.45) is 0.324. The summed E-state index contributed by atoms with van der Waals surface area (Å²) in [6.45, 7) is 7.86. The van der Waals surface area contributed by atoms with Gasteiger partial charge in [0.15, 0.2) is 0 Å². The highest BCUT2D eigenvalue weighted by Crippen LogP contribution is 2.30. The van der Waals surface area contributed by atoms with Crippen molar-refractivity contribution in [2.75, 3.05) is 0 Å². The predicted octanol–water partition coefficient (Wildman–Crippen LogP) is 4.14. The third kappa shape index (κ3) is 2.61. The van der Waals surface area contributed by atoms with Crippen molar-refractivity contribution in [2.45, 2.75) is 45.4 Å². The number of halogens is 1. The molecule has 86 valence electrons. The van der Waals surface area contributed by atoms with Crippen LogP contribution in [0.1, 0.15) is 51.2 Å². The van der Waals surface area contributed by atoms with Crippen LogP contribution in [0.2, 0.25) is 0 Å². The molecule has 0 heterocycles. The van der Waals surface area contributed by atoms with Crippen LogP contribution in [0.5, 0.6) is 0 Å². The van der Waals surface area contributed by atoms with Gasteiger partial charge in [-0.2, -0.15) is 5.26 Å². The normalized spacial score (nSPS) is 11.6. The third-order valence-corrected chi connectivity index (χ3v) is 2.91. The lowest BCUT2D eigenvalue weighted by molar-refractivity contribution is 0.491.